The lowest BCUT2D eigenvalue weighted by atomic mass is 10.1. The van der Waals surface area contributed by atoms with Gasteiger partial charge in [0.1, 0.15) is 5.76 Å². The molecule has 2 nitrogen and oxygen atoms in total. The standard InChI is InChI=1S/C11H16BrNOS/c1-8(10-2-3-11(12)14-10)13-6-9-4-5-15-7-9/h2-3,8-9,13H,4-7H2,1H3. The van der Waals surface area contributed by atoms with Crippen molar-refractivity contribution in [3.05, 3.63) is 22.6 Å². The minimum Gasteiger partial charge on any atom is -0.453 e. The molecule has 0 aromatic carbocycles. The van der Waals surface area contributed by atoms with Gasteiger partial charge in [-0.15, -0.1) is 0 Å². The van der Waals surface area contributed by atoms with Crippen LogP contribution in [0.1, 0.15) is 25.1 Å². The number of rotatable bonds is 4. The van der Waals surface area contributed by atoms with Crippen molar-refractivity contribution in [2.75, 3.05) is 18.1 Å². The minimum atomic E-state index is 0.307. The smallest absolute Gasteiger partial charge is 0.169 e. The van der Waals surface area contributed by atoms with E-state index >= 15 is 0 Å². The van der Waals surface area contributed by atoms with Crippen LogP contribution in [0.25, 0.3) is 0 Å². The van der Waals surface area contributed by atoms with E-state index in [0.29, 0.717) is 6.04 Å². The van der Waals surface area contributed by atoms with Gasteiger partial charge in [-0.2, -0.15) is 11.8 Å². The zero-order valence-electron chi connectivity index (χ0n) is 8.83. The van der Waals surface area contributed by atoms with Crippen LogP contribution >= 0.6 is 27.7 Å². The number of hydrogen-bond donors (Lipinski definition) is 1. The van der Waals surface area contributed by atoms with Crippen LogP contribution in [0.4, 0.5) is 0 Å². The van der Waals surface area contributed by atoms with Gasteiger partial charge < -0.3 is 9.73 Å². The topological polar surface area (TPSA) is 25.2 Å². The largest absolute Gasteiger partial charge is 0.453 e. The average molecular weight is 290 g/mol. The average Bonchev–Trinajstić information content (AvgIpc) is 2.84. The zero-order chi connectivity index (χ0) is 10.7. The Labute approximate surface area is 103 Å². The van der Waals surface area contributed by atoms with Crippen molar-refractivity contribution >= 4 is 27.7 Å². The monoisotopic (exact) mass is 289 g/mol. The molecular formula is C11H16BrNOS. The van der Waals surface area contributed by atoms with Crippen LogP contribution in [-0.2, 0) is 0 Å². The van der Waals surface area contributed by atoms with Crippen molar-refractivity contribution in [1.82, 2.24) is 5.32 Å². The highest BCUT2D eigenvalue weighted by molar-refractivity contribution is 9.10. The van der Waals surface area contributed by atoms with Crippen molar-refractivity contribution in [2.45, 2.75) is 19.4 Å². The molecule has 2 rings (SSSR count). The van der Waals surface area contributed by atoms with Crippen LogP contribution in [0.5, 0.6) is 0 Å². The molecule has 1 aliphatic rings. The maximum atomic E-state index is 5.51. The van der Waals surface area contributed by atoms with E-state index in [4.69, 9.17) is 4.42 Å². The Morgan fingerprint density at radius 3 is 3.13 bits per heavy atom. The molecule has 15 heavy (non-hydrogen) atoms. The summed E-state index contributed by atoms with van der Waals surface area (Å²) in [5.41, 5.74) is 0. The Bertz CT molecular complexity index is 309. The van der Waals surface area contributed by atoms with Crippen LogP contribution in [0, 0.1) is 5.92 Å². The third kappa shape index (κ3) is 3.26. The van der Waals surface area contributed by atoms with E-state index in [1.54, 1.807) is 0 Å². The first-order chi connectivity index (χ1) is 7.25. The van der Waals surface area contributed by atoms with E-state index in [9.17, 15) is 0 Å². The van der Waals surface area contributed by atoms with Gasteiger partial charge in [-0.25, -0.2) is 0 Å². The summed E-state index contributed by atoms with van der Waals surface area (Å²) in [6.45, 7) is 3.25. The van der Waals surface area contributed by atoms with Crippen LogP contribution in [-0.4, -0.2) is 18.1 Å². The Kier molecular flexibility index (Phi) is 4.17. The predicted molar refractivity (Wildman–Crippen MR) is 68.3 cm³/mol. The Balaban J connectivity index is 1.79. The highest BCUT2D eigenvalue weighted by Gasteiger charge is 2.17. The third-order valence-electron chi connectivity index (χ3n) is 2.76. The van der Waals surface area contributed by atoms with Gasteiger partial charge in [-0.1, -0.05) is 0 Å². The molecule has 0 radical (unpaired) electrons. The van der Waals surface area contributed by atoms with Gasteiger partial charge in [0.15, 0.2) is 4.67 Å². The fraction of sp³-hybridized carbons (Fsp3) is 0.636. The normalized spacial score (nSPS) is 23.2. The molecule has 1 fully saturated rings. The maximum absolute atomic E-state index is 5.51. The van der Waals surface area contributed by atoms with Crippen LogP contribution in [0.2, 0.25) is 0 Å². The predicted octanol–water partition coefficient (Wildman–Crippen LogP) is 3.45. The molecule has 0 amide bonds. The molecule has 1 aromatic heterocycles. The van der Waals surface area contributed by atoms with Gasteiger partial charge in [0, 0.05) is 0 Å². The SMILES string of the molecule is CC(NCC1CCSC1)c1ccc(Br)o1. The molecule has 2 unspecified atom stereocenters. The highest BCUT2D eigenvalue weighted by atomic mass is 79.9. The van der Waals surface area contributed by atoms with Gasteiger partial charge >= 0.3 is 0 Å². The summed E-state index contributed by atoms with van der Waals surface area (Å²) in [6, 6.07) is 4.27. The Morgan fingerprint density at radius 2 is 2.53 bits per heavy atom. The van der Waals surface area contributed by atoms with Crippen LogP contribution in [0.15, 0.2) is 21.2 Å². The molecule has 1 aliphatic heterocycles. The first kappa shape index (κ1) is 11.6. The molecule has 0 spiro atoms. The van der Waals surface area contributed by atoms with Gasteiger partial charge in [0.25, 0.3) is 0 Å². The van der Waals surface area contributed by atoms with Crippen molar-refractivity contribution < 1.29 is 4.42 Å². The second-order valence-electron chi connectivity index (χ2n) is 4.00. The van der Waals surface area contributed by atoms with Gasteiger partial charge in [0.2, 0.25) is 0 Å². The molecule has 1 saturated heterocycles. The molecular weight excluding hydrogens is 274 g/mol. The second-order valence-corrected chi connectivity index (χ2v) is 5.93. The summed E-state index contributed by atoms with van der Waals surface area (Å²) in [4.78, 5) is 0. The molecule has 2 heterocycles. The molecule has 1 N–H and O–H groups in total. The summed E-state index contributed by atoms with van der Waals surface area (Å²) in [6.07, 6.45) is 1.35. The molecule has 0 aliphatic carbocycles. The first-order valence-corrected chi connectivity index (χ1v) is 7.27. The van der Waals surface area contributed by atoms with E-state index in [2.05, 4.69) is 39.9 Å². The Hall–Kier alpha value is 0.0700. The summed E-state index contributed by atoms with van der Waals surface area (Å²) < 4.78 is 6.32. The van der Waals surface area contributed by atoms with Gasteiger partial charge in [-0.05, 0) is 65.4 Å². The lowest BCUT2D eigenvalue weighted by molar-refractivity contribution is 0.397. The number of halogens is 1. The minimum absolute atomic E-state index is 0.307. The van der Waals surface area contributed by atoms with Crippen molar-refractivity contribution in [1.29, 1.82) is 0 Å². The molecule has 0 saturated carbocycles. The molecule has 1 aromatic rings. The van der Waals surface area contributed by atoms with E-state index in [-0.39, 0.29) is 0 Å². The number of nitrogens with one attached hydrogen (secondary N) is 1. The zero-order valence-corrected chi connectivity index (χ0v) is 11.2. The number of hydrogen-bond acceptors (Lipinski definition) is 3. The van der Waals surface area contributed by atoms with E-state index in [1.165, 1.54) is 17.9 Å². The van der Waals surface area contributed by atoms with E-state index < -0.39 is 0 Å². The molecule has 4 heteroatoms. The third-order valence-corrected chi connectivity index (χ3v) is 4.42. The molecule has 0 bridgehead atoms. The van der Waals surface area contributed by atoms with E-state index in [1.807, 2.05) is 12.1 Å². The summed E-state index contributed by atoms with van der Waals surface area (Å²) in [5, 5.41) is 3.53. The highest BCUT2D eigenvalue weighted by Crippen LogP contribution is 2.24. The Morgan fingerprint density at radius 1 is 1.67 bits per heavy atom. The summed E-state index contributed by atoms with van der Waals surface area (Å²) in [5.74, 6) is 4.48. The first-order valence-electron chi connectivity index (χ1n) is 5.32. The summed E-state index contributed by atoms with van der Waals surface area (Å²) >= 11 is 5.38. The van der Waals surface area contributed by atoms with Crippen molar-refractivity contribution in [2.24, 2.45) is 5.92 Å². The quantitative estimate of drug-likeness (QED) is 0.919. The van der Waals surface area contributed by atoms with Crippen molar-refractivity contribution in [3.63, 3.8) is 0 Å². The number of thioether (sulfide) groups is 1. The molecule has 2 atom stereocenters. The summed E-state index contributed by atoms with van der Waals surface area (Å²) in [7, 11) is 0. The fourth-order valence-corrected chi connectivity index (χ4v) is 3.35. The van der Waals surface area contributed by atoms with Gasteiger partial charge in [0.05, 0.1) is 6.04 Å². The second kappa shape index (κ2) is 5.41. The lowest BCUT2D eigenvalue weighted by Gasteiger charge is -2.14. The van der Waals surface area contributed by atoms with E-state index in [0.717, 1.165) is 22.9 Å². The van der Waals surface area contributed by atoms with Gasteiger partial charge in [-0.3, -0.25) is 0 Å². The maximum Gasteiger partial charge on any atom is 0.169 e. The van der Waals surface area contributed by atoms with Crippen LogP contribution in [0.3, 0.4) is 0 Å². The molecule has 84 valence electrons. The van der Waals surface area contributed by atoms with Crippen LogP contribution < -0.4 is 5.32 Å². The van der Waals surface area contributed by atoms with Crippen molar-refractivity contribution in [3.8, 4) is 0 Å². The fourth-order valence-electron chi connectivity index (χ4n) is 1.75. The lowest BCUT2D eigenvalue weighted by Crippen LogP contribution is -2.25. The number of furan rings is 1.